The average Bonchev–Trinajstić information content (AvgIpc) is 3.34. The highest BCUT2D eigenvalue weighted by Crippen LogP contribution is 2.58. The molecule has 5 rings (SSSR count). The first kappa shape index (κ1) is 17.0. The number of ether oxygens (including phenoxy) is 1. The smallest absolute Gasteiger partial charge is 0.353 e. The maximum atomic E-state index is 12.4. The molecule has 3 atom stereocenters. The fraction of sp³-hybridized carbons (Fsp3) is 0.778. The summed E-state index contributed by atoms with van der Waals surface area (Å²) < 4.78 is 5.42. The third kappa shape index (κ3) is 2.25. The third-order valence-electron chi connectivity index (χ3n) is 6.73. The SMILES string of the molecule is CC1C(SC2CN(C3CCN(C)CC3)C2)=C(C(=O)O)N2C(=O)C3(CO3)C12. The van der Waals surface area contributed by atoms with Gasteiger partial charge in [-0.25, -0.2) is 4.79 Å². The largest absolute Gasteiger partial charge is 0.477 e. The van der Waals surface area contributed by atoms with Crippen LogP contribution in [0.2, 0.25) is 0 Å². The van der Waals surface area contributed by atoms with E-state index in [4.69, 9.17) is 4.74 Å². The molecule has 1 spiro atoms. The molecule has 4 fully saturated rings. The first-order chi connectivity index (χ1) is 12.4. The Labute approximate surface area is 157 Å². The molecule has 5 aliphatic heterocycles. The summed E-state index contributed by atoms with van der Waals surface area (Å²) >= 11 is 1.68. The third-order valence-corrected chi connectivity index (χ3v) is 8.18. The molecule has 0 radical (unpaired) electrons. The van der Waals surface area contributed by atoms with E-state index in [9.17, 15) is 14.7 Å². The lowest BCUT2D eigenvalue weighted by molar-refractivity contribution is -0.158. The van der Waals surface area contributed by atoms with E-state index in [2.05, 4.69) is 16.8 Å². The Morgan fingerprint density at radius 1 is 1.31 bits per heavy atom. The zero-order valence-electron chi connectivity index (χ0n) is 15.2. The Morgan fingerprint density at radius 3 is 2.54 bits per heavy atom. The van der Waals surface area contributed by atoms with E-state index in [0.717, 1.165) is 31.1 Å². The number of β-lactam (4-membered cyclic amide) rings is 1. The molecule has 4 saturated heterocycles. The predicted molar refractivity (Wildman–Crippen MR) is 96.6 cm³/mol. The van der Waals surface area contributed by atoms with Crippen LogP contribution in [0.4, 0.5) is 0 Å². The van der Waals surface area contributed by atoms with E-state index in [0.29, 0.717) is 17.9 Å². The van der Waals surface area contributed by atoms with Crippen LogP contribution in [0.15, 0.2) is 10.6 Å². The summed E-state index contributed by atoms with van der Waals surface area (Å²) in [6, 6.07) is 0.551. The van der Waals surface area contributed by atoms with Crippen molar-refractivity contribution in [3.05, 3.63) is 10.6 Å². The summed E-state index contributed by atoms with van der Waals surface area (Å²) in [5.41, 5.74) is -0.501. The monoisotopic (exact) mass is 379 g/mol. The van der Waals surface area contributed by atoms with Crippen molar-refractivity contribution in [1.29, 1.82) is 0 Å². The summed E-state index contributed by atoms with van der Waals surface area (Å²) in [7, 11) is 2.17. The molecule has 5 heterocycles. The molecule has 8 heteroatoms. The Balaban J connectivity index is 1.26. The van der Waals surface area contributed by atoms with Crippen LogP contribution in [0.25, 0.3) is 0 Å². The summed E-state index contributed by atoms with van der Waals surface area (Å²) in [5.74, 6) is -1.11. The van der Waals surface area contributed by atoms with Crippen molar-refractivity contribution in [2.75, 3.05) is 39.8 Å². The zero-order valence-corrected chi connectivity index (χ0v) is 16.0. The van der Waals surface area contributed by atoms with Crippen molar-refractivity contribution in [3.63, 3.8) is 0 Å². The molecule has 1 amide bonds. The van der Waals surface area contributed by atoms with Gasteiger partial charge < -0.3 is 14.7 Å². The average molecular weight is 379 g/mol. The van der Waals surface area contributed by atoms with Crippen molar-refractivity contribution in [1.82, 2.24) is 14.7 Å². The molecule has 7 nitrogen and oxygen atoms in total. The van der Waals surface area contributed by atoms with Gasteiger partial charge in [0.1, 0.15) is 5.70 Å². The number of piperidine rings is 1. The molecular weight excluding hydrogens is 354 g/mol. The number of fused-ring (bicyclic) bond motifs is 2. The van der Waals surface area contributed by atoms with Gasteiger partial charge in [-0.3, -0.25) is 14.6 Å². The topological polar surface area (TPSA) is 76.6 Å². The highest BCUT2D eigenvalue weighted by Gasteiger charge is 2.76. The van der Waals surface area contributed by atoms with Gasteiger partial charge in [-0.2, -0.15) is 0 Å². The standard InChI is InChI=1S/C18H25N3O4S/c1-10-14(13(16(22)23)21-15(10)18(9-25-18)17(21)24)26-12-7-20(8-12)11-3-5-19(2)6-4-11/h10-12,15H,3-9H2,1-2H3,(H,22,23). The van der Waals surface area contributed by atoms with Gasteiger partial charge in [-0.15, -0.1) is 11.8 Å². The molecule has 142 valence electrons. The van der Waals surface area contributed by atoms with Crippen LogP contribution < -0.4 is 0 Å². The van der Waals surface area contributed by atoms with Crippen molar-refractivity contribution in [2.45, 2.75) is 42.7 Å². The molecule has 0 saturated carbocycles. The minimum Gasteiger partial charge on any atom is -0.477 e. The number of likely N-dealkylation sites (tertiary alicyclic amines) is 2. The molecule has 26 heavy (non-hydrogen) atoms. The Bertz CT molecular complexity index is 693. The fourth-order valence-corrected chi connectivity index (χ4v) is 6.60. The second kappa shape index (κ2) is 5.70. The van der Waals surface area contributed by atoms with Crippen LogP contribution in [0.5, 0.6) is 0 Å². The number of carboxylic acid groups (broad SMARTS) is 1. The second-order valence-corrected chi connectivity index (χ2v) is 9.68. The van der Waals surface area contributed by atoms with Gasteiger partial charge in [0.05, 0.1) is 12.6 Å². The number of hydrogen-bond donors (Lipinski definition) is 1. The minimum atomic E-state index is -0.989. The first-order valence-corrected chi connectivity index (χ1v) is 10.3. The Morgan fingerprint density at radius 2 is 1.96 bits per heavy atom. The molecule has 1 N–H and O–H groups in total. The number of hydrogen-bond acceptors (Lipinski definition) is 6. The number of nitrogens with zero attached hydrogens (tertiary/aromatic N) is 3. The number of carboxylic acids is 1. The van der Waals surface area contributed by atoms with Crippen molar-refractivity contribution >= 4 is 23.6 Å². The van der Waals surface area contributed by atoms with Crippen molar-refractivity contribution < 1.29 is 19.4 Å². The number of amides is 1. The van der Waals surface area contributed by atoms with Gasteiger partial charge >= 0.3 is 5.97 Å². The highest BCUT2D eigenvalue weighted by atomic mass is 32.2. The normalized spacial score (nSPS) is 38.5. The molecule has 0 aromatic carbocycles. The van der Waals surface area contributed by atoms with Crippen LogP contribution in [-0.4, -0.2) is 94.5 Å². The number of epoxide rings is 1. The summed E-state index contributed by atoms with van der Waals surface area (Å²) in [4.78, 5) is 31.5. The number of carbonyl (C=O) groups is 2. The molecule has 0 aliphatic carbocycles. The van der Waals surface area contributed by atoms with Gasteiger partial charge in [-0.05, 0) is 33.0 Å². The van der Waals surface area contributed by atoms with E-state index in [1.807, 2.05) is 6.92 Å². The number of rotatable bonds is 4. The number of carbonyl (C=O) groups excluding carboxylic acids is 1. The van der Waals surface area contributed by atoms with E-state index in [1.54, 1.807) is 11.8 Å². The van der Waals surface area contributed by atoms with Crippen LogP contribution >= 0.6 is 11.8 Å². The Hall–Kier alpha value is -1.09. The van der Waals surface area contributed by atoms with Crippen LogP contribution in [0.1, 0.15) is 19.8 Å². The maximum Gasteiger partial charge on any atom is 0.353 e. The highest BCUT2D eigenvalue weighted by molar-refractivity contribution is 8.03. The molecular formula is C18H25N3O4S. The lowest BCUT2D eigenvalue weighted by atomic mass is 9.82. The van der Waals surface area contributed by atoms with Gasteiger partial charge in [0.15, 0.2) is 5.60 Å². The summed E-state index contributed by atoms with van der Waals surface area (Å²) in [6.45, 7) is 6.83. The van der Waals surface area contributed by atoms with Gasteiger partial charge in [0, 0.05) is 35.2 Å². The maximum absolute atomic E-state index is 12.4. The van der Waals surface area contributed by atoms with Gasteiger partial charge in [0.2, 0.25) is 0 Å². The fourth-order valence-electron chi connectivity index (χ4n) is 5.07. The van der Waals surface area contributed by atoms with Crippen molar-refractivity contribution in [3.8, 4) is 0 Å². The molecule has 0 bridgehead atoms. The molecule has 0 aromatic heterocycles. The summed E-state index contributed by atoms with van der Waals surface area (Å²) in [6.07, 6.45) is 2.44. The quantitative estimate of drug-likeness (QED) is 0.560. The molecule has 0 aromatic rings. The second-order valence-electron chi connectivity index (χ2n) is 8.33. The predicted octanol–water partition coefficient (Wildman–Crippen LogP) is 0.424. The summed E-state index contributed by atoms with van der Waals surface area (Å²) in [5, 5.41) is 10.1. The molecule has 5 aliphatic rings. The molecule has 3 unspecified atom stereocenters. The minimum absolute atomic E-state index is 0.0451. The Kier molecular flexibility index (Phi) is 3.74. The lowest BCUT2D eigenvalue weighted by Gasteiger charge is -2.46. The van der Waals surface area contributed by atoms with E-state index in [-0.39, 0.29) is 23.6 Å². The van der Waals surface area contributed by atoms with Gasteiger partial charge in [0.25, 0.3) is 5.91 Å². The van der Waals surface area contributed by atoms with E-state index < -0.39 is 11.6 Å². The van der Waals surface area contributed by atoms with Crippen LogP contribution in [-0.2, 0) is 14.3 Å². The van der Waals surface area contributed by atoms with Crippen LogP contribution in [0, 0.1) is 5.92 Å². The first-order valence-electron chi connectivity index (χ1n) is 9.46. The van der Waals surface area contributed by atoms with Gasteiger partial charge in [-0.1, -0.05) is 6.92 Å². The lowest BCUT2D eigenvalue weighted by Crippen LogP contribution is -2.67. The number of thioether (sulfide) groups is 1. The van der Waals surface area contributed by atoms with Crippen molar-refractivity contribution in [2.24, 2.45) is 5.92 Å². The van der Waals surface area contributed by atoms with Crippen LogP contribution in [0.3, 0.4) is 0 Å². The number of aliphatic carboxylic acids is 1. The zero-order chi connectivity index (χ0) is 18.2. The van der Waals surface area contributed by atoms with E-state index in [1.165, 1.54) is 17.7 Å². The van der Waals surface area contributed by atoms with E-state index >= 15 is 0 Å².